The molecule has 0 unspecified atom stereocenters. The first-order valence-electron chi connectivity index (χ1n) is 6.43. The monoisotopic (exact) mass is 272 g/mol. The molecule has 2 aromatic rings. The van der Waals surface area contributed by atoms with E-state index >= 15 is 0 Å². The number of benzene rings is 1. The quantitative estimate of drug-likeness (QED) is 0.844. The molecule has 20 heavy (non-hydrogen) atoms. The number of fused-ring (bicyclic) bond motifs is 1. The van der Waals surface area contributed by atoms with Gasteiger partial charge in [-0.25, -0.2) is 0 Å². The van der Waals surface area contributed by atoms with E-state index in [9.17, 15) is 4.79 Å². The average Bonchev–Trinajstić information content (AvgIpc) is 2.43. The van der Waals surface area contributed by atoms with Crippen LogP contribution in [0, 0.1) is 6.92 Å². The van der Waals surface area contributed by atoms with Crippen LogP contribution in [-0.4, -0.2) is 11.4 Å². The van der Waals surface area contributed by atoms with Gasteiger partial charge >= 0.3 is 0 Å². The first-order valence-corrected chi connectivity index (χ1v) is 6.43. The van der Waals surface area contributed by atoms with E-state index in [0.29, 0.717) is 18.8 Å². The number of anilines is 1. The molecule has 0 aliphatic carbocycles. The van der Waals surface area contributed by atoms with Gasteiger partial charge in [-0.05, 0) is 25.1 Å². The zero-order chi connectivity index (χ0) is 14.1. The maximum Gasteiger partial charge on any atom is 0.253 e. The molecule has 0 saturated heterocycles. The Balaban J connectivity index is 2.04. The van der Waals surface area contributed by atoms with Crippen LogP contribution in [0.4, 0.5) is 5.69 Å². The number of rotatable bonds is 2. The fraction of sp³-hybridized carbons (Fsp3) is 0.267. The van der Waals surface area contributed by atoms with Gasteiger partial charge in [-0.15, -0.1) is 0 Å². The Labute approximate surface area is 116 Å². The summed E-state index contributed by atoms with van der Waals surface area (Å²) in [5.74, 6) is 0.777. The van der Waals surface area contributed by atoms with Crippen molar-refractivity contribution in [3.63, 3.8) is 0 Å². The van der Waals surface area contributed by atoms with Crippen molar-refractivity contribution >= 4 is 5.69 Å². The van der Waals surface area contributed by atoms with E-state index in [4.69, 9.17) is 15.2 Å². The zero-order valence-corrected chi connectivity index (χ0v) is 11.3. The summed E-state index contributed by atoms with van der Waals surface area (Å²) in [6.45, 7) is 2.95. The second kappa shape index (κ2) is 5.02. The molecule has 1 aliphatic rings. The lowest BCUT2D eigenvalue weighted by atomic mass is 10.1. The number of ether oxygens (including phenoxy) is 2. The third-order valence-electron chi connectivity index (χ3n) is 3.36. The smallest absolute Gasteiger partial charge is 0.253 e. The lowest BCUT2D eigenvalue weighted by molar-refractivity contribution is -0.0170. The maximum atomic E-state index is 12.1. The van der Waals surface area contributed by atoms with Crippen LogP contribution < -0.4 is 16.0 Å². The second-order valence-corrected chi connectivity index (χ2v) is 4.90. The summed E-state index contributed by atoms with van der Waals surface area (Å²) < 4.78 is 12.5. The molecule has 0 spiro atoms. The Bertz CT molecular complexity index is 707. The highest BCUT2D eigenvalue weighted by Gasteiger charge is 2.16. The molecule has 104 valence electrons. The highest BCUT2D eigenvalue weighted by Crippen LogP contribution is 2.31. The molecule has 5 nitrogen and oxygen atoms in total. The van der Waals surface area contributed by atoms with Gasteiger partial charge in [-0.1, -0.05) is 6.07 Å². The molecule has 0 saturated carbocycles. The summed E-state index contributed by atoms with van der Waals surface area (Å²) in [6.07, 6.45) is 1.77. The number of nitrogens with zero attached hydrogens (tertiary/aromatic N) is 1. The summed E-state index contributed by atoms with van der Waals surface area (Å²) in [6, 6.07) is 7.35. The molecular formula is C15H16N2O3. The molecule has 0 bridgehead atoms. The van der Waals surface area contributed by atoms with Crippen LogP contribution >= 0.6 is 0 Å². The Morgan fingerprint density at radius 3 is 3.10 bits per heavy atom. The molecule has 2 N–H and O–H groups in total. The Morgan fingerprint density at radius 1 is 1.40 bits per heavy atom. The van der Waals surface area contributed by atoms with Crippen LogP contribution in [-0.2, 0) is 17.9 Å². The number of aryl methyl sites for hydroxylation is 1. The van der Waals surface area contributed by atoms with Gasteiger partial charge in [-0.3, -0.25) is 4.79 Å². The molecular weight excluding hydrogens is 256 g/mol. The minimum atomic E-state index is -0.00395. The van der Waals surface area contributed by atoms with Crippen molar-refractivity contribution in [2.24, 2.45) is 0 Å². The van der Waals surface area contributed by atoms with Crippen LogP contribution in [0.2, 0.25) is 0 Å². The van der Waals surface area contributed by atoms with E-state index < -0.39 is 0 Å². The van der Waals surface area contributed by atoms with E-state index in [1.54, 1.807) is 23.8 Å². The molecule has 2 heterocycles. The van der Waals surface area contributed by atoms with E-state index in [0.717, 1.165) is 22.4 Å². The predicted molar refractivity (Wildman–Crippen MR) is 75.7 cm³/mol. The average molecular weight is 272 g/mol. The minimum Gasteiger partial charge on any atom is -0.467 e. The van der Waals surface area contributed by atoms with Gasteiger partial charge in [0.15, 0.2) is 6.79 Å². The van der Waals surface area contributed by atoms with Gasteiger partial charge in [0.25, 0.3) is 5.56 Å². The predicted octanol–water partition coefficient (Wildman–Crippen LogP) is 1.65. The third-order valence-corrected chi connectivity index (χ3v) is 3.36. The van der Waals surface area contributed by atoms with Crippen molar-refractivity contribution in [2.75, 3.05) is 12.5 Å². The number of hydrogen-bond acceptors (Lipinski definition) is 4. The van der Waals surface area contributed by atoms with Crippen LogP contribution in [0.25, 0.3) is 0 Å². The first kappa shape index (κ1) is 12.7. The number of nitrogens with two attached hydrogens (primary N) is 1. The summed E-state index contributed by atoms with van der Waals surface area (Å²) in [4.78, 5) is 12.1. The van der Waals surface area contributed by atoms with Gasteiger partial charge in [0.1, 0.15) is 5.75 Å². The molecule has 5 heteroatoms. The lowest BCUT2D eigenvalue weighted by Crippen LogP contribution is -2.23. The Morgan fingerprint density at radius 2 is 2.25 bits per heavy atom. The standard InChI is InChI=1S/C15H16N2O3/c1-10-3-2-4-17(15(10)18)7-11-5-13(16)6-12-8-19-9-20-14(11)12/h2-6H,7-9,16H2,1H3. The van der Waals surface area contributed by atoms with Gasteiger partial charge < -0.3 is 19.8 Å². The van der Waals surface area contributed by atoms with Crippen molar-refractivity contribution in [3.05, 3.63) is 57.5 Å². The van der Waals surface area contributed by atoms with Gasteiger partial charge in [0.2, 0.25) is 0 Å². The van der Waals surface area contributed by atoms with Gasteiger partial charge in [-0.2, -0.15) is 0 Å². The maximum absolute atomic E-state index is 12.1. The van der Waals surface area contributed by atoms with E-state index in [1.807, 2.05) is 18.2 Å². The lowest BCUT2D eigenvalue weighted by Gasteiger charge is -2.21. The van der Waals surface area contributed by atoms with Crippen LogP contribution in [0.1, 0.15) is 16.7 Å². The third kappa shape index (κ3) is 2.28. The summed E-state index contributed by atoms with van der Waals surface area (Å²) >= 11 is 0. The highest BCUT2D eigenvalue weighted by molar-refractivity contribution is 5.53. The Kier molecular flexibility index (Phi) is 3.20. The first-order chi connectivity index (χ1) is 9.65. The van der Waals surface area contributed by atoms with Crippen molar-refractivity contribution in [3.8, 4) is 5.75 Å². The molecule has 0 amide bonds. The number of pyridine rings is 1. The zero-order valence-electron chi connectivity index (χ0n) is 11.3. The molecule has 0 fully saturated rings. The number of nitrogen functional groups attached to an aromatic ring is 1. The molecule has 1 aliphatic heterocycles. The van der Waals surface area contributed by atoms with Crippen molar-refractivity contribution in [1.29, 1.82) is 0 Å². The molecule has 0 atom stereocenters. The summed E-state index contributed by atoms with van der Waals surface area (Å²) in [5, 5.41) is 0. The van der Waals surface area contributed by atoms with Crippen LogP contribution in [0.3, 0.4) is 0 Å². The normalized spacial score (nSPS) is 13.7. The van der Waals surface area contributed by atoms with Crippen molar-refractivity contribution < 1.29 is 9.47 Å². The van der Waals surface area contributed by atoms with Crippen molar-refractivity contribution in [2.45, 2.75) is 20.1 Å². The fourth-order valence-electron chi connectivity index (χ4n) is 2.41. The van der Waals surface area contributed by atoms with Crippen LogP contribution in [0.5, 0.6) is 5.75 Å². The van der Waals surface area contributed by atoms with E-state index in [-0.39, 0.29) is 12.4 Å². The SMILES string of the molecule is Cc1cccn(Cc2cc(N)cc3c2OCOC3)c1=O. The van der Waals surface area contributed by atoms with Crippen molar-refractivity contribution in [1.82, 2.24) is 4.57 Å². The molecule has 1 aromatic carbocycles. The highest BCUT2D eigenvalue weighted by atomic mass is 16.7. The minimum absolute atomic E-state index is 0.00395. The molecule has 3 rings (SSSR count). The summed E-state index contributed by atoms with van der Waals surface area (Å²) in [5.41, 5.74) is 9.09. The second-order valence-electron chi connectivity index (χ2n) is 4.90. The fourth-order valence-corrected chi connectivity index (χ4v) is 2.41. The van der Waals surface area contributed by atoms with Crippen LogP contribution in [0.15, 0.2) is 35.3 Å². The number of aromatic nitrogens is 1. The molecule has 0 radical (unpaired) electrons. The van der Waals surface area contributed by atoms with Gasteiger partial charge in [0.05, 0.1) is 13.2 Å². The van der Waals surface area contributed by atoms with E-state index in [1.165, 1.54) is 0 Å². The van der Waals surface area contributed by atoms with Gasteiger partial charge in [0, 0.05) is 28.6 Å². The largest absolute Gasteiger partial charge is 0.467 e. The topological polar surface area (TPSA) is 66.5 Å². The Hall–Kier alpha value is -2.27. The number of hydrogen-bond donors (Lipinski definition) is 1. The summed E-state index contributed by atoms with van der Waals surface area (Å²) in [7, 11) is 0. The molecule has 1 aromatic heterocycles. The van der Waals surface area contributed by atoms with E-state index in [2.05, 4.69) is 0 Å².